The Morgan fingerprint density at radius 2 is 2.00 bits per heavy atom. The summed E-state index contributed by atoms with van der Waals surface area (Å²) >= 11 is 1.50. The lowest BCUT2D eigenvalue weighted by molar-refractivity contribution is -0.147. The summed E-state index contributed by atoms with van der Waals surface area (Å²) in [5, 5.41) is 0.571. The van der Waals surface area contributed by atoms with Crippen LogP contribution in [0.4, 0.5) is 0 Å². The fourth-order valence-corrected chi connectivity index (χ4v) is 4.19. The predicted octanol–water partition coefficient (Wildman–Crippen LogP) is 4.95. The Bertz CT molecular complexity index is 1080. The molecule has 0 saturated carbocycles. The second-order valence-corrected chi connectivity index (χ2v) is 8.37. The van der Waals surface area contributed by atoms with Crippen molar-refractivity contribution in [2.24, 2.45) is 0 Å². The van der Waals surface area contributed by atoms with Gasteiger partial charge in [0, 0.05) is 10.4 Å². The van der Waals surface area contributed by atoms with Crippen LogP contribution >= 0.6 is 11.3 Å². The zero-order valence-electron chi connectivity index (χ0n) is 17.0. The smallest absolute Gasteiger partial charge is 0.328 e. The number of fused-ring (bicyclic) bond motifs is 1. The molecule has 28 heavy (non-hydrogen) atoms. The van der Waals surface area contributed by atoms with E-state index in [0.29, 0.717) is 16.8 Å². The molecule has 6 heteroatoms. The average molecular weight is 399 g/mol. The van der Waals surface area contributed by atoms with Crippen molar-refractivity contribution in [1.29, 1.82) is 0 Å². The molecule has 0 fully saturated rings. The number of rotatable bonds is 6. The summed E-state index contributed by atoms with van der Waals surface area (Å²) < 4.78 is 6.67. The molecule has 3 rings (SSSR count). The number of unbranched alkanes of at least 4 members (excludes halogenated alkanes) is 1. The molecular formula is C22H26N2O3S. The van der Waals surface area contributed by atoms with E-state index in [4.69, 9.17) is 4.74 Å². The molecule has 0 aliphatic rings. The number of aryl methyl sites for hydroxylation is 3. The van der Waals surface area contributed by atoms with Crippen molar-refractivity contribution in [1.82, 2.24) is 9.55 Å². The largest absolute Gasteiger partial charge is 0.464 e. The summed E-state index contributed by atoms with van der Waals surface area (Å²) in [5.74, 6) is -0.406. The van der Waals surface area contributed by atoms with Gasteiger partial charge in [-0.2, -0.15) is 0 Å². The maximum atomic E-state index is 13.3. The van der Waals surface area contributed by atoms with E-state index < -0.39 is 12.0 Å². The Kier molecular flexibility index (Phi) is 5.98. The molecule has 0 N–H and O–H groups in total. The first kappa shape index (κ1) is 20.3. The highest BCUT2D eigenvalue weighted by Crippen LogP contribution is 2.36. The van der Waals surface area contributed by atoms with Gasteiger partial charge < -0.3 is 4.74 Å². The van der Waals surface area contributed by atoms with Crippen molar-refractivity contribution in [3.05, 3.63) is 50.9 Å². The van der Waals surface area contributed by atoms with Gasteiger partial charge in [-0.1, -0.05) is 31.5 Å². The highest BCUT2D eigenvalue weighted by atomic mass is 32.1. The Balaban J connectivity index is 2.09. The lowest BCUT2D eigenvalue weighted by atomic mass is 9.99. The van der Waals surface area contributed by atoms with Crippen LogP contribution in [0.2, 0.25) is 0 Å². The number of thiophene rings is 1. The van der Waals surface area contributed by atoms with Gasteiger partial charge in [-0.3, -0.25) is 9.36 Å². The first-order valence-corrected chi connectivity index (χ1v) is 10.4. The number of carbonyl (C=O) groups is 1. The normalized spacial score (nSPS) is 12.3. The molecule has 0 radical (unpaired) electrons. The molecule has 2 aromatic heterocycles. The van der Waals surface area contributed by atoms with Crippen molar-refractivity contribution in [2.75, 3.05) is 6.61 Å². The quantitative estimate of drug-likeness (QED) is 0.435. The predicted molar refractivity (Wildman–Crippen MR) is 114 cm³/mol. The van der Waals surface area contributed by atoms with Gasteiger partial charge in [-0.05, 0) is 50.8 Å². The van der Waals surface area contributed by atoms with E-state index in [9.17, 15) is 9.59 Å². The van der Waals surface area contributed by atoms with Crippen LogP contribution in [0.15, 0.2) is 29.3 Å². The number of ether oxygens (including phenoxy) is 1. The minimum Gasteiger partial charge on any atom is -0.464 e. The van der Waals surface area contributed by atoms with E-state index in [-0.39, 0.29) is 5.56 Å². The Morgan fingerprint density at radius 1 is 1.25 bits per heavy atom. The standard InChI is InChI=1S/C22H26N2O3S/c1-6-7-10-27-22(26)15(4)24-12-23-20-19(21(24)25)18(16(5)28-20)17-9-8-13(2)14(3)11-17/h8-9,11-12,15H,6-7,10H2,1-5H3/t15-/m0/s1. The minimum atomic E-state index is -0.714. The van der Waals surface area contributed by atoms with Crippen LogP contribution < -0.4 is 5.56 Å². The topological polar surface area (TPSA) is 61.2 Å². The second-order valence-electron chi connectivity index (χ2n) is 7.17. The summed E-state index contributed by atoms with van der Waals surface area (Å²) in [6, 6.07) is 5.49. The van der Waals surface area contributed by atoms with Gasteiger partial charge in [-0.15, -0.1) is 11.3 Å². The van der Waals surface area contributed by atoms with Crippen LogP contribution in [0.25, 0.3) is 21.3 Å². The summed E-state index contributed by atoms with van der Waals surface area (Å²) in [5.41, 5.74) is 4.08. The molecular weight excluding hydrogens is 372 g/mol. The zero-order chi connectivity index (χ0) is 20.4. The summed E-state index contributed by atoms with van der Waals surface area (Å²) in [6.45, 7) is 10.2. The maximum absolute atomic E-state index is 13.3. The van der Waals surface area contributed by atoms with Gasteiger partial charge in [0.25, 0.3) is 5.56 Å². The fraction of sp³-hybridized carbons (Fsp3) is 0.409. The molecule has 0 bridgehead atoms. The maximum Gasteiger partial charge on any atom is 0.328 e. The first-order chi connectivity index (χ1) is 13.3. The fourth-order valence-electron chi connectivity index (χ4n) is 3.19. The third-order valence-corrected chi connectivity index (χ3v) is 6.12. The average Bonchev–Trinajstić information content (AvgIpc) is 3.00. The third-order valence-electron chi connectivity index (χ3n) is 5.11. The lowest BCUT2D eigenvalue weighted by Crippen LogP contribution is -2.29. The highest BCUT2D eigenvalue weighted by Gasteiger charge is 2.22. The van der Waals surface area contributed by atoms with Gasteiger partial charge in [-0.25, -0.2) is 9.78 Å². The molecule has 0 unspecified atom stereocenters. The lowest BCUT2D eigenvalue weighted by Gasteiger charge is -2.14. The molecule has 2 heterocycles. The van der Waals surface area contributed by atoms with Crippen LogP contribution in [-0.2, 0) is 9.53 Å². The number of hydrogen-bond donors (Lipinski definition) is 0. The number of esters is 1. The van der Waals surface area contributed by atoms with Crippen LogP contribution in [0.1, 0.15) is 48.7 Å². The van der Waals surface area contributed by atoms with E-state index in [1.54, 1.807) is 6.92 Å². The Labute approximate surface area is 169 Å². The monoisotopic (exact) mass is 398 g/mol. The third kappa shape index (κ3) is 3.74. The number of carbonyl (C=O) groups excluding carboxylic acids is 1. The van der Waals surface area contributed by atoms with Crippen LogP contribution in [0.5, 0.6) is 0 Å². The van der Waals surface area contributed by atoms with Crippen molar-refractivity contribution in [3.63, 3.8) is 0 Å². The van der Waals surface area contributed by atoms with Crippen molar-refractivity contribution < 1.29 is 9.53 Å². The van der Waals surface area contributed by atoms with E-state index in [0.717, 1.165) is 28.8 Å². The van der Waals surface area contributed by atoms with E-state index >= 15 is 0 Å². The van der Waals surface area contributed by atoms with E-state index in [1.807, 2.05) is 19.9 Å². The molecule has 1 aromatic carbocycles. The molecule has 3 aromatic rings. The van der Waals surface area contributed by atoms with Gasteiger partial charge in [0.05, 0.1) is 18.3 Å². The van der Waals surface area contributed by atoms with Gasteiger partial charge in [0.1, 0.15) is 10.9 Å². The molecule has 5 nitrogen and oxygen atoms in total. The molecule has 0 aliphatic carbocycles. The Hall–Kier alpha value is -2.47. The van der Waals surface area contributed by atoms with Gasteiger partial charge in [0.15, 0.2) is 0 Å². The van der Waals surface area contributed by atoms with Crippen LogP contribution in [-0.4, -0.2) is 22.1 Å². The molecule has 0 aliphatic heterocycles. The van der Waals surface area contributed by atoms with Gasteiger partial charge in [0.2, 0.25) is 0 Å². The van der Waals surface area contributed by atoms with Crippen molar-refractivity contribution >= 4 is 27.5 Å². The molecule has 0 spiro atoms. The number of nitrogens with zero attached hydrogens (tertiary/aromatic N) is 2. The Morgan fingerprint density at radius 3 is 2.68 bits per heavy atom. The van der Waals surface area contributed by atoms with Crippen molar-refractivity contribution in [2.45, 2.75) is 53.5 Å². The first-order valence-electron chi connectivity index (χ1n) is 9.59. The molecule has 1 atom stereocenters. The van der Waals surface area contributed by atoms with Gasteiger partial charge >= 0.3 is 5.97 Å². The second kappa shape index (κ2) is 8.27. The summed E-state index contributed by atoms with van der Waals surface area (Å²) in [4.78, 5) is 31.8. The molecule has 0 saturated heterocycles. The minimum absolute atomic E-state index is 0.206. The zero-order valence-corrected chi connectivity index (χ0v) is 17.9. The number of hydrogen-bond acceptors (Lipinski definition) is 5. The number of benzene rings is 1. The number of aromatic nitrogens is 2. The highest BCUT2D eigenvalue weighted by molar-refractivity contribution is 7.19. The van der Waals surface area contributed by atoms with Crippen molar-refractivity contribution in [3.8, 4) is 11.1 Å². The SMILES string of the molecule is CCCCOC(=O)[C@H](C)n1cnc2sc(C)c(-c3ccc(C)c(C)c3)c2c1=O. The van der Waals surface area contributed by atoms with E-state index in [1.165, 1.54) is 33.4 Å². The molecule has 0 amide bonds. The van der Waals surface area contributed by atoms with Crippen LogP contribution in [0, 0.1) is 20.8 Å². The molecule has 148 valence electrons. The summed E-state index contributed by atoms with van der Waals surface area (Å²) in [7, 11) is 0. The summed E-state index contributed by atoms with van der Waals surface area (Å²) in [6.07, 6.45) is 3.21. The van der Waals surface area contributed by atoms with E-state index in [2.05, 4.69) is 31.0 Å². The van der Waals surface area contributed by atoms with Crippen LogP contribution in [0.3, 0.4) is 0 Å².